The maximum absolute atomic E-state index is 11.2. The van der Waals surface area contributed by atoms with Crippen LogP contribution in [0.1, 0.15) is 226 Å². The van der Waals surface area contributed by atoms with Crippen LogP contribution >= 0.6 is 0 Å². The van der Waals surface area contributed by atoms with Crippen molar-refractivity contribution in [3.63, 3.8) is 0 Å². The van der Waals surface area contributed by atoms with Gasteiger partial charge in [-0.1, -0.05) is 174 Å². The Labute approximate surface area is 310 Å². The van der Waals surface area contributed by atoms with Gasteiger partial charge in [-0.3, -0.25) is 0 Å². The summed E-state index contributed by atoms with van der Waals surface area (Å²) < 4.78 is 23.1. The van der Waals surface area contributed by atoms with E-state index in [1.54, 1.807) is 0 Å². The second kappa shape index (κ2) is 37.6. The molecule has 0 bridgehead atoms. The summed E-state index contributed by atoms with van der Waals surface area (Å²) in [5.74, 6) is 0. The summed E-state index contributed by atoms with van der Waals surface area (Å²) in [5, 5.41) is 9.16. The quantitative estimate of drug-likeness (QED) is 0.0391. The largest absolute Gasteiger partial charge is 0.506 e. The van der Waals surface area contributed by atoms with Gasteiger partial charge in [-0.2, -0.15) is 0 Å². The monoisotopic (exact) mass is 709 g/mol. The Bertz CT molecular complexity index is 721. The molecule has 1 aliphatic heterocycles. The summed E-state index contributed by atoms with van der Waals surface area (Å²) in [7, 11) is 0. The van der Waals surface area contributed by atoms with Gasteiger partial charge in [-0.15, -0.1) is 0 Å². The second-order valence-corrected chi connectivity index (χ2v) is 15.2. The van der Waals surface area contributed by atoms with E-state index in [2.05, 4.69) is 26.0 Å². The standard InChI is InChI=1S/C44H84O6/c1-3-5-7-9-10-11-12-13-14-15-16-17-21-24-27-32-38-47-40-42(50-44(45)46)36-30-26-23-20-18-19-22-25-29-35-41(34-28-8-6-4-2)49-43-37-31-33-39-48-43/h25,29,41-43H,3-24,26-28,30-40H2,1-2H3,(H,45,46)/b29-25-/t41-,42?,43?/m1/s1. The Morgan fingerprint density at radius 2 is 1.14 bits per heavy atom. The first-order valence-electron chi connectivity index (χ1n) is 22.0. The molecular formula is C44H84O6. The molecule has 1 saturated heterocycles. The Morgan fingerprint density at radius 3 is 1.68 bits per heavy atom. The first-order valence-corrected chi connectivity index (χ1v) is 22.0. The number of unbranched alkanes of at least 4 members (excludes halogenated alkanes) is 24. The number of carboxylic acid groups (broad SMARTS) is 1. The Morgan fingerprint density at radius 1 is 0.640 bits per heavy atom. The molecule has 296 valence electrons. The summed E-state index contributed by atoms with van der Waals surface area (Å²) in [5.41, 5.74) is 0. The van der Waals surface area contributed by atoms with Gasteiger partial charge < -0.3 is 24.1 Å². The van der Waals surface area contributed by atoms with Crippen LogP contribution in [0, 0.1) is 0 Å². The van der Waals surface area contributed by atoms with E-state index in [0.29, 0.717) is 13.2 Å². The van der Waals surface area contributed by atoms with E-state index in [1.165, 1.54) is 154 Å². The third kappa shape index (κ3) is 32.8. The molecule has 0 saturated carbocycles. The van der Waals surface area contributed by atoms with Gasteiger partial charge in [0.2, 0.25) is 0 Å². The maximum atomic E-state index is 11.2. The number of rotatable bonds is 38. The topological polar surface area (TPSA) is 74.2 Å². The molecule has 0 spiro atoms. The second-order valence-electron chi connectivity index (χ2n) is 15.2. The van der Waals surface area contributed by atoms with Gasteiger partial charge in [0.1, 0.15) is 6.10 Å². The zero-order chi connectivity index (χ0) is 36.0. The van der Waals surface area contributed by atoms with Gasteiger partial charge in [-0.05, 0) is 64.2 Å². The molecule has 6 nitrogen and oxygen atoms in total. The van der Waals surface area contributed by atoms with Crippen LogP contribution in [0.5, 0.6) is 0 Å². The van der Waals surface area contributed by atoms with Gasteiger partial charge in [0.25, 0.3) is 0 Å². The molecular weight excluding hydrogens is 624 g/mol. The average molecular weight is 709 g/mol. The van der Waals surface area contributed by atoms with Gasteiger partial charge in [-0.25, -0.2) is 4.79 Å². The van der Waals surface area contributed by atoms with Gasteiger partial charge in [0, 0.05) is 13.2 Å². The van der Waals surface area contributed by atoms with E-state index in [0.717, 1.165) is 64.4 Å². The van der Waals surface area contributed by atoms with E-state index in [-0.39, 0.29) is 18.5 Å². The molecule has 1 heterocycles. The van der Waals surface area contributed by atoms with Gasteiger partial charge in [0.05, 0.1) is 12.7 Å². The highest BCUT2D eigenvalue weighted by molar-refractivity contribution is 5.57. The minimum Gasteiger partial charge on any atom is -0.450 e. The smallest absolute Gasteiger partial charge is 0.450 e. The fourth-order valence-electron chi connectivity index (χ4n) is 7.07. The van der Waals surface area contributed by atoms with E-state index in [4.69, 9.17) is 24.1 Å². The minimum atomic E-state index is -1.19. The Hall–Kier alpha value is -1.11. The molecule has 1 N–H and O–H groups in total. The molecule has 0 aliphatic carbocycles. The normalized spacial score (nSPS) is 16.2. The lowest BCUT2D eigenvalue weighted by Gasteiger charge is -2.27. The predicted octanol–water partition coefficient (Wildman–Crippen LogP) is 14.3. The summed E-state index contributed by atoms with van der Waals surface area (Å²) in [6.45, 7) is 6.48. The Kier molecular flexibility index (Phi) is 35.3. The molecule has 3 atom stereocenters. The van der Waals surface area contributed by atoms with E-state index >= 15 is 0 Å². The summed E-state index contributed by atoms with van der Waals surface area (Å²) in [6, 6.07) is 0. The highest BCUT2D eigenvalue weighted by Crippen LogP contribution is 2.21. The van der Waals surface area contributed by atoms with Gasteiger partial charge >= 0.3 is 6.16 Å². The van der Waals surface area contributed by atoms with Crippen molar-refractivity contribution in [1.29, 1.82) is 0 Å². The van der Waals surface area contributed by atoms with E-state index < -0.39 is 6.16 Å². The lowest BCUT2D eigenvalue weighted by atomic mass is 10.0. The van der Waals surface area contributed by atoms with Crippen molar-refractivity contribution in [2.75, 3.05) is 19.8 Å². The zero-order valence-corrected chi connectivity index (χ0v) is 33.3. The number of allylic oxidation sites excluding steroid dienone is 1. The molecule has 1 fully saturated rings. The predicted molar refractivity (Wildman–Crippen MR) is 211 cm³/mol. The van der Waals surface area contributed by atoms with E-state index in [9.17, 15) is 4.79 Å². The molecule has 6 heteroatoms. The van der Waals surface area contributed by atoms with Crippen LogP contribution in [0.2, 0.25) is 0 Å². The van der Waals surface area contributed by atoms with Crippen LogP contribution in [0.4, 0.5) is 4.79 Å². The van der Waals surface area contributed by atoms with Crippen molar-refractivity contribution in [1.82, 2.24) is 0 Å². The summed E-state index contributed by atoms with van der Waals surface area (Å²) in [6.07, 6.45) is 44.7. The van der Waals surface area contributed by atoms with Crippen molar-refractivity contribution in [2.24, 2.45) is 0 Å². The van der Waals surface area contributed by atoms with Crippen molar-refractivity contribution < 1.29 is 28.8 Å². The number of hydrogen-bond donors (Lipinski definition) is 1. The van der Waals surface area contributed by atoms with Crippen LogP contribution in [-0.2, 0) is 18.9 Å². The fraction of sp³-hybridized carbons (Fsp3) is 0.932. The van der Waals surface area contributed by atoms with Crippen LogP contribution < -0.4 is 0 Å². The van der Waals surface area contributed by atoms with Crippen LogP contribution in [-0.4, -0.2) is 49.6 Å². The summed E-state index contributed by atoms with van der Waals surface area (Å²) >= 11 is 0. The fourth-order valence-corrected chi connectivity index (χ4v) is 7.07. The number of carbonyl (C=O) groups is 1. The molecule has 0 aromatic rings. The van der Waals surface area contributed by atoms with Crippen molar-refractivity contribution >= 4 is 6.16 Å². The molecule has 1 rings (SSSR count). The van der Waals surface area contributed by atoms with Crippen LogP contribution in [0.15, 0.2) is 12.2 Å². The number of hydrogen-bond acceptors (Lipinski definition) is 5. The molecule has 2 unspecified atom stereocenters. The zero-order valence-electron chi connectivity index (χ0n) is 33.3. The molecule has 50 heavy (non-hydrogen) atoms. The average Bonchev–Trinajstić information content (AvgIpc) is 3.11. The molecule has 0 amide bonds. The lowest BCUT2D eigenvalue weighted by molar-refractivity contribution is -0.188. The van der Waals surface area contributed by atoms with Gasteiger partial charge in [0.15, 0.2) is 6.29 Å². The minimum absolute atomic E-state index is 0.000335. The first-order chi connectivity index (χ1) is 24.7. The summed E-state index contributed by atoms with van der Waals surface area (Å²) in [4.78, 5) is 11.2. The van der Waals surface area contributed by atoms with E-state index in [1.807, 2.05) is 0 Å². The van der Waals surface area contributed by atoms with Crippen molar-refractivity contribution in [3.8, 4) is 0 Å². The highest BCUT2D eigenvalue weighted by Gasteiger charge is 2.19. The van der Waals surface area contributed by atoms with Crippen LogP contribution in [0.25, 0.3) is 0 Å². The molecule has 1 aliphatic rings. The maximum Gasteiger partial charge on any atom is 0.506 e. The lowest BCUT2D eigenvalue weighted by Crippen LogP contribution is -2.27. The molecule has 0 radical (unpaired) electrons. The Balaban J connectivity index is 1.98. The van der Waals surface area contributed by atoms with Crippen LogP contribution in [0.3, 0.4) is 0 Å². The highest BCUT2D eigenvalue weighted by atomic mass is 16.7. The molecule has 0 aromatic heterocycles. The first kappa shape index (κ1) is 46.9. The van der Waals surface area contributed by atoms with Crippen molar-refractivity contribution in [2.45, 2.75) is 244 Å². The van der Waals surface area contributed by atoms with Crippen molar-refractivity contribution in [3.05, 3.63) is 12.2 Å². The molecule has 0 aromatic carbocycles. The SMILES string of the molecule is CCCCCCCCCCCCCCCCCCOCC(CCCCCCCC/C=C\C[C@@H](CCCCCC)OC1CCCCO1)OC(=O)O. The third-order valence-electron chi connectivity index (χ3n) is 10.3. The number of ether oxygens (including phenoxy) is 4. The third-order valence-corrected chi connectivity index (χ3v) is 10.3.